The molecule has 0 radical (unpaired) electrons. The molecule has 8 heteroatoms. The summed E-state index contributed by atoms with van der Waals surface area (Å²) in [6, 6.07) is 8.33. The number of aromatic nitrogens is 1. The second kappa shape index (κ2) is 7.44. The summed E-state index contributed by atoms with van der Waals surface area (Å²) in [5.74, 6) is 0.740. The van der Waals surface area contributed by atoms with E-state index in [9.17, 15) is 8.42 Å². The number of halogens is 1. The zero-order valence-corrected chi connectivity index (χ0v) is 14.4. The Balaban J connectivity index is 0.00000192. The highest BCUT2D eigenvalue weighted by Crippen LogP contribution is 2.27. The van der Waals surface area contributed by atoms with Crippen molar-refractivity contribution < 1.29 is 12.9 Å². The van der Waals surface area contributed by atoms with E-state index in [2.05, 4.69) is 22.1 Å². The second-order valence-corrected chi connectivity index (χ2v) is 7.25. The molecule has 2 unspecified atom stereocenters. The summed E-state index contributed by atoms with van der Waals surface area (Å²) in [7, 11) is -3.63. The maximum absolute atomic E-state index is 12.8. The van der Waals surface area contributed by atoms with Gasteiger partial charge < -0.3 is 9.84 Å². The summed E-state index contributed by atoms with van der Waals surface area (Å²) >= 11 is 0. The summed E-state index contributed by atoms with van der Waals surface area (Å²) in [4.78, 5) is 0.213. The Kier molecular flexibility index (Phi) is 5.80. The zero-order chi connectivity index (χ0) is 15.6. The number of benzene rings is 1. The van der Waals surface area contributed by atoms with Gasteiger partial charge in [-0.15, -0.1) is 12.4 Å². The van der Waals surface area contributed by atoms with Crippen LogP contribution in [-0.2, 0) is 10.0 Å². The van der Waals surface area contributed by atoms with Gasteiger partial charge in [-0.05, 0) is 31.0 Å². The van der Waals surface area contributed by atoms with E-state index >= 15 is 0 Å². The highest BCUT2D eigenvalue weighted by Gasteiger charge is 2.28. The summed E-state index contributed by atoms with van der Waals surface area (Å²) in [6.45, 7) is 3.63. The van der Waals surface area contributed by atoms with Crippen molar-refractivity contribution >= 4 is 22.4 Å². The third-order valence-electron chi connectivity index (χ3n) is 4.01. The summed E-state index contributed by atoms with van der Waals surface area (Å²) in [6.07, 6.45) is 2.45. The first kappa shape index (κ1) is 17.9. The van der Waals surface area contributed by atoms with E-state index < -0.39 is 10.0 Å². The van der Waals surface area contributed by atoms with Crippen molar-refractivity contribution in [2.75, 3.05) is 13.1 Å². The molecular weight excluding hydrogens is 338 g/mol. The maximum Gasteiger partial charge on any atom is 0.241 e. The number of nitrogens with zero attached hydrogens (tertiary/aromatic N) is 1. The normalized spacial score (nSPS) is 21.6. The van der Waals surface area contributed by atoms with Gasteiger partial charge >= 0.3 is 0 Å². The molecule has 3 rings (SSSR count). The molecule has 1 aliphatic rings. The van der Waals surface area contributed by atoms with Crippen molar-refractivity contribution in [1.29, 1.82) is 0 Å². The molecule has 0 bridgehead atoms. The molecule has 23 heavy (non-hydrogen) atoms. The van der Waals surface area contributed by atoms with E-state index in [1.807, 2.05) is 0 Å². The molecule has 2 atom stereocenters. The van der Waals surface area contributed by atoms with Gasteiger partial charge in [0.1, 0.15) is 0 Å². The Labute approximate surface area is 142 Å². The molecule has 2 heterocycles. The van der Waals surface area contributed by atoms with Gasteiger partial charge in [0.15, 0.2) is 5.76 Å². The Morgan fingerprint density at radius 2 is 2.09 bits per heavy atom. The van der Waals surface area contributed by atoms with E-state index in [0.29, 0.717) is 23.8 Å². The zero-order valence-electron chi connectivity index (χ0n) is 12.7. The number of hydrogen-bond acceptors (Lipinski definition) is 5. The Hall–Kier alpha value is -1.41. The average molecular weight is 358 g/mol. The predicted molar refractivity (Wildman–Crippen MR) is 89.9 cm³/mol. The van der Waals surface area contributed by atoms with Crippen LogP contribution in [0.3, 0.4) is 0 Å². The summed E-state index contributed by atoms with van der Waals surface area (Å²) in [5, 5.41) is 6.88. The molecule has 0 amide bonds. The van der Waals surface area contributed by atoms with E-state index in [-0.39, 0.29) is 23.3 Å². The van der Waals surface area contributed by atoms with Crippen molar-refractivity contribution in [2.45, 2.75) is 24.3 Å². The first-order valence-corrected chi connectivity index (χ1v) is 8.79. The smallest absolute Gasteiger partial charge is 0.241 e. The van der Waals surface area contributed by atoms with E-state index in [4.69, 9.17) is 4.52 Å². The number of sulfonamides is 1. The standard InChI is InChI=1S/C15H19N3O3S.ClH/c1-11-6-8-16-10-13(11)18-22(19,20)15-5-3-2-4-12(15)14-7-9-17-21-14;/h2-5,7,9,11,13,16,18H,6,8,10H2,1H3;1H. The third kappa shape index (κ3) is 3.92. The number of rotatable bonds is 4. The molecule has 1 aromatic carbocycles. The van der Waals surface area contributed by atoms with Crippen LogP contribution in [0.25, 0.3) is 11.3 Å². The van der Waals surface area contributed by atoms with E-state index in [0.717, 1.165) is 13.0 Å². The minimum Gasteiger partial charge on any atom is -0.356 e. The van der Waals surface area contributed by atoms with Gasteiger partial charge in [-0.2, -0.15) is 0 Å². The second-order valence-electron chi connectivity index (χ2n) is 5.57. The van der Waals surface area contributed by atoms with Gasteiger partial charge in [-0.3, -0.25) is 0 Å². The van der Waals surface area contributed by atoms with Crippen LogP contribution in [0.2, 0.25) is 0 Å². The van der Waals surface area contributed by atoms with Crippen LogP contribution in [-0.4, -0.2) is 32.7 Å². The lowest BCUT2D eigenvalue weighted by molar-refractivity contribution is 0.327. The topological polar surface area (TPSA) is 84.2 Å². The highest BCUT2D eigenvalue weighted by molar-refractivity contribution is 7.89. The van der Waals surface area contributed by atoms with Gasteiger partial charge in [0.25, 0.3) is 0 Å². The molecular formula is C15H20ClN3O3S. The molecule has 6 nitrogen and oxygen atoms in total. The molecule has 0 spiro atoms. The Morgan fingerprint density at radius 3 is 2.78 bits per heavy atom. The van der Waals surface area contributed by atoms with Crippen molar-refractivity contribution in [3.63, 3.8) is 0 Å². The Morgan fingerprint density at radius 1 is 1.30 bits per heavy atom. The molecule has 0 aliphatic carbocycles. The number of hydrogen-bond donors (Lipinski definition) is 2. The van der Waals surface area contributed by atoms with Crippen molar-refractivity contribution in [3.05, 3.63) is 36.5 Å². The molecule has 1 aliphatic heterocycles. The SMILES string of the molecule is CC1CCNCC1NS(=O)(=O)c1ccccc1-c1ccno1.Cl. The molecule has 1 fully saturated rings. The van der Waals surface area contributed by atoms with Crippen molar-refractivity contribution in [2.24, 2.45) is 5.92 Å². The number of nitrogens with one attached hydrogen (secondary N) is 2. The monoisotopic (exact) mass is 357 g/mol. The van der Waals surface area contributed by atoms with E-state index in [1.54, 1.807) is 30.3 Å². The van der Waals surface area contributed by atoms with Crippen molar-refractivity contribution in [1.82, 2.24) is 15.2 Å². The van der Waals surface area contributed by atoms with Crippen LogP contribution in [0.5, 0.6) is 0 Å². The highest BCUT2D eigenvalue weighted by atomic mass is 35.5. The molecule has 126 valence electrons. The number of piperidine rings is 1. The fourth-order valence-electron chi connectivity index (χ4n) is 2.67. The fourth-order valence-corrected chi connectivity index (χ4v) is 4.23. The minimum atomic E-state index is -3.63. The molecule has 1 aromatic heterocycles. The predicted octanol–water partition coefficient (Wildman–Crippen LogP) is 2.04. The first-order chi connectivity index (χ1) is 10.6. The van der Waals surface area contributed by atoms with Crippen LogP contribution in [0.15, 0.2) is 45.9 Å². The lowest BCUT2D eigenvalue weighted by Gasteiger charge is -2.30. The van der Waals surface area contributed by atoms with Crippen LogP contribution in [0.4, 0.5) is 0 Å². The average Bonchev–Trinajstić information content (AvgIpc) is 3.04. The van der Waals surface area contributed by atoms with Crippen LogP contribution < -0.4 is 10.0 Å². The fraction of sp³-hybridized carbons (Fsp3) is 0.400. The molecule has 2 N–H and O–H groups in total. The first-order valence-electron chi connectivity index (χ1n) is 7.31. The van der Waals surface area contributed by atoms with Gasteiger partial charge in [0.2, 0.25) is 10.0 Å². The minimum absolute atomic E-state index is 0. The molecule has 1 saturated heterocycles. The maximum atomic E-state index is 12.8. The Bertz CT molecular complexity index is 734. The van der Waals surface area contributed by atoms with Gasteiger partial charge in [-0.1, -0.05) is 24.2 Å². The largest absolute Gasteiger partial charge is 0.356 e. The van der Waals surface area contributed by atoms with Crippen molar-refractivity contribution in [3.8, 4) is 11.3 Å². The molecule has 0 saturated carbocycles. The lowest BCUT2D eigenvalue weighted by Crippen LogP contribution is -2.50. The van der Waals surface area contributed by atoms with Gasteiger partial charge in [0.05, 0.1) is 11.1 Å². The van der Waals surface area contributed by atoms with E-state index in [1.165, 1.54) is 6.20 Å². The van der Waals surface area contributed by atoms with Gasteiger partial charge in [0, 0.05) is 24.2 Å². The van der Waals surface area contributed by atoms with Crippen LogP contribution in [0, 0.1) is 5.92 Å². The quantitative estimate of drug-likeness (QED) is 0.874. The van der Waals surface area contributed by atoms with Crippen LogP contribution >= 0.6 is 12.4 Å². The van der Waals surface area contributed by atoms with Gasteiger partial charge in [-0.25, -0.2) is 13.1 Å². The summed E-state index contributed by atoms with van der Waals surface area (Å²) < 4.78 is 33.4. The summed E-state index contributed by atoms with van der Waals surface area (Å²) in [5.41, 5.74) is 0.518. The third-order valence-corrected chi connectivity index (χ3v) is 5.56. The molecule has 2 aromatic rings. The van der Waals surface area contributed by atoms with Crippen LogP contribution in [0.1, 0.15) is 13.3 Å². The lowest BCUT2D eigenvalue weighted by atomic mass is 9.96.